The van der Waals surface area contributed by atoms with Crippen LogP contribution < -0.4 is 4.72 Å². The normalized spacial score (nSPS) is 17.3. The second-order valence-electron chi connectivity index (χ2n) is 7.55. The first-order chi connectivity index (χ1) is 13.2. The van der Waals surface area contributed by atoms with Crippen LogP contribution in [0.5, 0.6) is 0 Å². The Bertz CT molecular complexity index is 942. The van der Waals surface area contributed by atoms with Gasteiger partial charge in [-0.05, 0) is 39.2 Å². The largest absolute Gasteiger partial charge is 0.337 e. The van der Waals surface area contributed by atoms with Crippen molar-refractivity contribution in [2.75, 3.05) is 13.1 Å². The van der Waals surface area contributed by atoms with E-state index >= 15 is 0 Å². The molecular formula is C20H28N4O3S. The van der Waals surface area contributed by atoms with Crippen molar-refractivity contribution >= 4 is 15.9 Å². The molecule has 152 valence electrons. The number of likely N-dealkylation sites (tertiary alicyclic amines) is 1. The van der Waals surface area contributed by atoms with Gasteiger partial charge in [0.1, 0.15) is 5.82 Å². The van der Waals surface area contributed by atoms with Gasteiger partial charge in [0, 0.05) is 32.8 Å². The molecule has 1 amide bonds. The van der Waals surface area contributed by atoms with E-state index < -0.39 is 10.0 Å². The fourth-order valence-corrected chi connectivity index (χ4v) is 4.85. The van der Waals surface area contributed by atoms with Crippen molar-refractivity contribution in [2.45, 2.75) is 51.1 Å². The summed E-state index contributed by atoms with van der Waals surface area (Å²) in [6, 6.07) is 6.46. The third-order valence-corrected chi connectivity index (χ3v) is 6.53. The number of imidazole rings is 1. The van der Waals surface area contributed by atoms with Gasteiger partial charge in [-0.2, -0.15) is 0 Å². The Morgan fingerprint density at radius 3 is 2.50 bits per heavy atom. The van der Waals surface area contributed by atoms with Crippen LogP contribution in [0, 0.1) is 20.8 Å². The summed E-state index contributed by atoms with van der Waals surface area (Å²) in [5, 5.41) is -0.0192. The Morgan fingerprint density at radius 2 is 1.89 bits per heavy atom. The number of carbonyl (C=O) groups is 1. The van der Waals surface area contributed by atoms with Crippen LogP contribution in [0.4, 0.5) is 0 Å². The molecule has 1 unspecified atom stereocenters. The maximum atomic E-state index is 12.8. The van der Waals surface area contributed by atoms with Gasteiger partial charge in [-0.3, -0.25) is 4.79 Å². The fraction of sp³-hybridized carbons (Fsp3) is 0.500. The van der Waals surface area contributed by atoms with Gasteiger partial charge in [-0.25, -0.2) is 18.1 Å². The number of hydrogen-bond acceptors (Lipinski definition) is 4. The lowest BCUT2D eigenvalue weighted by atomic mass is 9.99. The smallest absolute Gasteiger partial charge is 0.259 e. The molecule has 8 heteroatoms. The summed E-state index contributed by atoms with van der Waals surface area (Å²) in [6.07, 6.45) is 3.50. The van der Waals surface area contributed by atoms with Crippen molar-refractivity contribution in [2.24, 2.45) is 7.05 Å². The van der Waals surface area contributed by atoms with E-state index in [1.54, 1.807) is 18.5 Å². The number of amides is 1. The van der Waals surface area contributed by atoms with Crippen molar-refractivity contribution in [3.05, 3.63) is 46.9 Å². The van der Waals surface area contributed by atoms with Gasteiger partial charge < -0.3 is 9.47 Å². The van der Waals surface area contributed by atoms with E-state index in [2.05, 4.69) is 41.8 Å². The van der Waals surface area contributed by atoms with Crippen molar-refractivity contribution in [1.29, 1.82) is 0 Å². The number of rotatable bonds is 6. The molecule has 1 aromatic carbocycles. The van der Waals surface area contributed by atoms with E-state index in [0.717, 1.165) is 18.4 Å². The third-order valence-electron chi connectivity index (χ3n) is 5.19. The molecule has 1 saturated heterocycles. The van der Waals surface area contributed by atoms with Gasteiger partial charge in [0.25, 0.3) is 10.0 Å². The lowest BCUT2D eigenvalue weighted by Crippen LogP contribution is -2.34. The van der Waals surface area contributed by atoms with Crippen LogP contribution >= 0.6 is 0 Å². The summed E-state index contributed by atoms with van der Waals surface area (Å²) in [7, 11) is -1.97. The molecule has 1 aliphatic heterocycles. The molecular weight excluding hydrogens is 376 g/mol. The van der Waals surface area contributed by atoms with Crippen molar-refractivity contribution < 1.29 is 13.2 Å². The number of aryl methyl sites for hydroxylation is 4. The second kappa shape index (κ2) is 8.05. The van der Waals surface area contributed by atoms with E-state index in [9.17, 15) is 13.2 Å². The number of hydrogen-bond donors (Lipinski definition) is 1. The molecule has 1 atom stereocenters. The number of aromatic nitrogens is 2. The number of sulfonamides is 1. The summed E-state index contributed by atoms with van der Waals surface area (Å²) in [4.78, 5) is 18.7. The summed E-state index contributed by atoms with van der Waals surface area (Å²) < 4.78 is 28.8. The summed E-state index contributed by atoms with van der Waals surface area (Å²) in [5.41, 5.74) is 3.54. The predicted molar refractivity (Wildman–Crippen MR) is 107 cm³/mol. The van der Waals surface area contributed by atoms with Crippen LogP contribution in [-0.4, -0.2) is 41.9 Å². The number of benzene rings is 1. The monoisotopic (exact) mass is 404 g/mol. The van der Waals surface area contributed by atoms with Crippen molar-refractivity contribution in [3.63, 3.8) is 0 Å². The van der Waals surface area contributed by atoms with Gasteiger partial charge in [-0.15, -0.1) is 0 Å². The molecule has 0 spiro atoms. The van der Waals surface area contributed by atoms with Crippen LogP contribution in [0.2, 0.25) is 0 Å². The first-order valence-electron chi connectivity index (χ1n) is 9.54. The number of carbonyl (C=O) groups excluding carboxylic acids is 1. The zero-order chi connectivity index (χ0) is 20.5. The fourth-order valence-electron chi connectivity index (χ4n) is 3.78. The Labute approximate surface area is 166 Å². The minimum Gasteiger partial charge on any atom is -0.337 e. The van der Waals surface area contributed by atoms with Crippen molar-refractivity contribution in [3.8, 4) is 0 Å². The molecule has 3 rings (SSSR count). The highest BCUT2D eigenvalue weighted by Crippen LogP contribution is 2.33. The molecule has 1 fully saturated rings. The van der Waals surface area contributed by atoms with E-state index in [4.69, 9.17) is 0 Å². The van der Waals surface area contributed by atoms with E-state index in [0.29, 0.717) is 12.4 Å². The van der Waals surface area contributed by atoms with Crippen LogP contribution in [0.25, 0.3) is 0 Å². The van der Waals surface area contributed by atoms with Crippen LogP contribution in [0.1, 0.15) is 47.8 Å². The zero-order valence-electron chi connectivity index (χ0n) is 16.9. The maximum absolute atomic E-state index is 12.8. The molecule has 1 aromatic heterocycles. The molecule has 0 aliphatic carbocycles. The maximum Gasteiger partial charge on any atom is 0.259 e. The highest BCUT2D eigenvalue weighted by Gasteiger charge is 2.30. The van der Waals surface area contributed by atoms with E-state index in [1.165, 1.54) is 17.3 Å². The molecule has 7 nitrogen and oxygen atoms in total. The summed E-state index contributed by atoms with van der Waals surface area (Å²) in [5.74, 6) is 0.589. The molecule has 0 bridgehead atoms. The SMILES string of the molecule is Cc1cc(C)cc(C2CCCN2C(=O)CCNS(=O)(=O)c2cn(C)c(C)n2)c1. The van der Waals surface area contributed by atoms with Gasteiger partial charge in [0.15, 0.2) is 5.03 Å². The van der Waals surface area contributed by atoms with Gasteiger partial charge in [-0.1, -0.05) is 29.3 Å². The standard InChI is InChI=1S/C20H28N4O3S/c1-14-10-15(2)12-17(11-14)18-6-5-9-24(18)20(25)7-8-21-28(26,27)19-13-23(4)16(3)22-19/h10-13,18,21H,5-9H2,1-4H3. The molecule has 1 N–H and O–H groups in total. The average molecular weight is 405 g/mol. The first-order valence-corrected chi connectivity index (χ1v) is 11.0. The van der Waals surface area contributed by atoms with Crippen molar-refractivity contribution in [1.82, 2.24) is 19.2 Å². The molecule has 2 aromatic rings. The minimum absolute atomic E-state index is 0.0192. The minimum atomic E-state index is -3.71. The lowest BCUT2D eigenvalue weighted by Gasteiger charge is -2.26. The van der Waals surface area contributed by atoms with Gasteiger partial charge >= 0.3 is 0 Å². The molecule has 1 aliphatic rings. The molecule has 0 radical (unpaired) electrons. The molecule has 28 heavy (non-hydrogen) atoms. The van der Waals surface area contributed by atoms with Gasteiger partial charge in [0.2, 0.25) is 5.91 Å². The summed E-state index contributed by atoms with van der Waals surface area (Å²) in [6.45, 7) is 6.63. The number of nitrogens with zero attached hydrogens (tertiary/aromatic N) is 3. The van der Waals surface area contributed by atoms with E-state index in [-0.39, 0.29) is 29.9 Å². The highest BCUT2D eigenvalue weighted by atomic mass is 32.2. The Morgan fingerprint density at radius 1 is 1.21 bits per heavy atom. The number of nitrogens with one attached hydrogen (secondary N) is 1. The third kappa shape index (κ3) is 4.44. The zero-order valence-corrected chi connectivity index (χ0v) is 17.7. The molecule has 2 heterocycles. The second-order valence-corrected chi connectivity index (χ2v) is 9.27. The highest BCUT2D eigenvalue weighted by molar-refractivity contribution is 7.89. The Balaban J connectivity index is 1.62. The first kappa shape index (κ1) is 20.5. The Hall–Kier alpha value is -2.19. The van der Waals surface area contributed by atoms with Crippen LogP contribution in [-0.2, 0) is 21.9 Å². The Kier molecular flexibility index (Phi) is 5.90. The van der Waals surface area contributed by atoms with Crippen LogP contribution in [0.3, 0.4) is 0 Å². The lowest BCUT2D eigenvalue weighted by molar-refractivity contribution is -0.131. The predicted octanol–water partition coefficient (Wildman–Crippen LogP) is 2.38. The summed E-state index contributed by atoms with van der Waals surface area (Å²) >= 11 is 0. The topological polar surface area (TPSA) is 84.3 Å². The molecule has 0 saturated carbocycles. The quantitative estimate of drug-likeness (QED) is 0.801. The van der Waals surface area contributed by atoms with Crippen LogP contribution in [0.15, 0.2) is 29.4 Å². The van der Waals surface area contributed by atoms with Gasteiger partial charge in [0.05, 0.1) is 6.04 Å². The average Bonchev–Trinajstić information content (AvgIpc) is 3.21. The van der Waals surface area contributed by atoms with E-state index in [1.807, 2.05) is 4.90 Å².